The zero-order valence-electron chi connectivity index (χ0n) is 7.50. The molecule has 0 aromatic rings. The van der Waals surface area contributed by atoms with Crippen LogP contribution in [0.15, 0.2) is 0 Å². The third kappa shape index (κ3) is 19.0. The molecule has 0 unspecified atom stereocenters. The molecule has 0 saturated carbocycles. The Hall–Kier alpha value is 2.42. The molecule has 2 N–H and O–H groups in total. The molecule has 0 atom stereocenters. The Morgan fingerprint density at radius 3 is 1.73 bits per heavy atom. The molecule has 0 aliphatic rings. The van der Waals surface area contributed by atoms with Crippen LogP contribution in [0.1, 0.15) is 2.85 Å². The van der Waals surface area contributed by atoms with Crippen LogP contribution < -0.4 is 51.4 Å². The molecule has 0 aliphatic heterocycles. The van der Waals surface area contributed by atoms with Crippen LogP contribution in [0.2, 0.25) is 0 Å². The van der Waals surface area contributed by atoms with Crippen molar-refractivity contribution in [1.29, 1.82) is 0 Å². The Labute approximate surface area is 125 Å². The minimum Gasteiger partial charge on any atom is -1.00 e. The van der Waals surface area contributed by atoms with Crippen molar-refractivity contribution in [3.63, 3.8) is 0 Å². The fourth-order valence-electron chi connectivity index (χ4n) is 0.119. The maximum Gasteiger partial charge on any atom is 2.00 e. The molecular formula is H4KMgO7PS. The van der Waals surface area contributed by atoms with Gasteiger partial charge in [-0.15, -0.1) is 0 Å². The first-order chi connectivity index (χ1) is 3.71. The largest absolute Gasteiger partial charge is 2.00 e. The second-order valence-electron chi connectivity index (χ2n) is 0.973. The number of hydrogen-bond acceptors (Lipinski definition) is 5. The van der Waals surface area contributed by atoms with Gasteiger partial charge in [-0.05, 0) is 0 Å². The molecule has 11 heavy (non-hydrogen) atoms. The molecule has 0 amide bonds. The van der Waals surface area contributed by atoms with E-state index in [1.54, 1.807) is 0 Å². The van der Waals surface area contributed by atoms with Crippen molar-refractivity contribution in [3.05, 3.63) is 0 Å². The monoisotopic (exact) mass is 242 g/mol. The first-order valence-corrected chi connectivity index (χ1v) is 4.30. The third-order valence-electron chi connectivity index (χ3n) is 0.188. The Bertz CT molecular complexity index is 233. The minimum atomic E-state index is -5.29. The van der Waals surface area contributed by atoms with E-state index in [1.807, 2.05) is 0 Å². The average Bonchev–Trinajstić information content (AvgIpc) is 1.14. The van der Waals surface area contributed by atoms with Crippen molar-refractivity contribution in [2.24, 2.45) is 0 Å². The van der Waals surface area contributed by atoms with E-state index in [2.05, 4.69) is 3.97 Å². The third-order valence-corrected chi connectivity index (χ3v) is 1.70. The first kappa shape index (κ1) is 19.1. The summed E-state index contributed by atoms with van der Waals surface area (Å²) in [4.78, 5) is 15.3. The van der Waals surface area contributed by atoms with Gasteiger partial charge in [0.05, 0.1) is 0 Å². The standard InChI is InChI=1S/K.Mg.H3O7PS.2H/c;;1-8(2,3)7-9(4,5)6;;/h;;(H2,1,2,3)(H,4,5,6);;/q+1;+2;;2*-1/p-1. The Morgan fingerprint density at radius 2 is 1.73 bits per heavy atom. The van der Waals surface area contributed by atoms with E-state index in [0.29, 0.717) is 0 Å². The van der Waals surface area contributed by atoms with Gasteiger partial charge in [0, 0.05) is 0 Å². The summed E-state index contributed by atoms with van der Waals surface area (Å²) in [7, 11) is -10.5. The average molecular weight is 242 g/mol. The van der Waals surface area contributed by atoms with Crippen LogP contribution in [0.4, 0.5) is 0 Å². The number of hydrogen-bond donors (Lipinski definition) is 2. The van der Waals surface area contributed by atoms with Gasteiger partial charge in [0.1, 0.15) is 0 Å². The van der Waals surface area contributed by atoms with Crippen molar-refractivity contribution in [2.75, 3.05) is 0 Å². The Kier molecular flexibility index (Phi) is 11.8. The summed E-state index contributed by atoms with van der Waals surface area (Å²) in [6, 6.07) is 0. The van der Waals surface area contributed by atoms with Crippen molar-refractivity contribution in [3.8, 4) is 0 Å². The maximum absolute atomic E-state index is 9.54. The molecule has 0 aromatic heterocycles. The summed E-state index contributed by atoms with van der Waals surface area (Å²) in [5, 5.41) is 0. The summed E-state index contributed by atoms with van der Waals surface area (Å²) in [5.41, 5.74) is 0. The van der Waals surface area contributed by atoms with Crippen molar-refractivity contribution < 1.29 is 85.5 Å². The van der Waals surface area contributed by atoms with Crippen LogP contribution in [-0.2, 0) is 18.9 Å². The molecule has 7 nitrogen and oxygen atoms in total. The summed E-state index contributed by atoms with van der Waals surface area (Å²) in [6.45, 7) is 0. The van der Waals surface area contributed by atoms with E-state index >= 15 is 0 Å². The Balaban J connectivity index is -0.0000000533. The van der Waals surface area contributed by atoms with Gasteiger partial charge in [-0.25, -0.2) is 13.0 Å². The van der Waals surface area contributed by atoms with Gasteiger partial charge in [-0.1, -0.05) is 0 Å². The van der Waals surface area contributed by atoms with Crippen LogP contribution in [0.3, 0.4) is 0 Å². The van der Waals surface area contributed by atoms with Gasteiger partial charge < -0.3 is 17.2 Å². The normalized spacial score (nSPS) is 11.2. The van der Waals surface area contributed by atoms with Crippen molar-refractivity contribution >= 4 is 41.3 Å². The Morgan fingerprint density at radius 1 is 1.45 bits per heavy atom. The molecule has 0 bridgehead atoms. The van der Waals surface area contributed by atoms with Gasteiger partial charge in [0.25, 0.3) is 0 Å². The van der Waals surface area contributed by atoms with Gasteiger partial charge in [-0.2, -0.15) is 3.97 Å². The predicted molar refractivity (Wildman–Crippen MR) is 30.8 cm³/mol. The zero-order chi connectivity index (χ0) is 7.71. The maximum atomic E-state index is 9.54. The van der Waals surface area contributed by atoms with Crippen LogP contribution in [0.5, 0.6) is 0 Å². The molecule has 0 aliphatic carbocycles. The molecule has 0 aromatic carbocycles. The first-order valence-electron chi connectivity index (χ1n) is 1.43. The van der Waals surface area contributed by atoms with Gasteiger partial charge in [-0.3, -0.25) is 0 Å². The quantitative estimate of drug-likeness (QED) is 0.216. The van der Waals surface area contributed by atoms with Crippen LogP contribution in [0, 0.1) is 0 Å². The molecule has 0 spiro atoms. The van der Waals surface area contributed by atoms with E-state index in [1.165, 1.54) is 0 Å². The number of phosphoric acid groups is 1. The summed E-state index contributed by atoms with van der Waals surface area (Å²) >= 11 is 0. The molecule has 0 heterocycles. The summed E-state index contributed by atoms with van der Waals surface area (Å²) in [6.07, 6.45) is 0. The van der Waals surface area contributed by atoms with Crippen LogP contribution in [-0.4, -0.2) is 45.8 Å². The molecule has 0 radical (unpaired) electrons. The smallest absolute Gasteiger partial charge is 1.00 e. The topological polar surface area (TPSA) is 124 Å². The molecule has 0 fully saturated rings. The fraction of sp³-hybridized carbons (Fsp3) is 0. The predicted octanol–water partition coefficient (Wildman–Crippen LogP) is -4.60. The second kappa shape index (κ2) is 6.81. The second-order valence-corrected chi connectivity index (χ2v) is 3.37. The van der Waals surface area contributed by atoms with Crippen LogP contribution in [0.25, 0.3) is 0 Å². The van der Waals surface area contributed by atoms with Crippen molar-refractivity contribution in [2.45, 2.75) is 0 Å². The number of rotatable bonds is 2. The minimum absolute atomic E-state index is 0. The molecule has 11 heteroatoms. The summed E-state index contributed by atoms with van der Waals surface area (Å²) in [5.74, 6) is 0. The van der Waals surface area contributed by atoms with Gasteiger partial charge >= 0.3 is 82.3 Å². The fourth-order valence-corrected chi connectivity index (χ4v) is 1.07. The zero-order valence-corrected chi connectivity index (χ0v) is 11.7. The van der Waals surface area contributed by atoms with E-state index in [0.717, 1.165) is 0 Å². The molecule has 0 saturated heterocycles. The van der Waals surface area contributed by atoms with Crippen LogP contribution >= 0.6 is 7.82 Å². The van der Waals surface area contributed by atoms with Gasteiger partial charge in [0.15, 0.2) is 0 Å². The molecule has 60 valence electrons. The molecular weight excluding hydrogens is 238 g/mol. The summed E-state index contributed by atoms with van der Waals surface area (Å²) < 4.78 is 40.4. The van der Waals surface area contributed by atoms with Gasteiger partial charge in [0.2, 0.25) is 10.4 Å². The van der Waals surface area contributed by atoms with E-state index in [-0.39, 0.29) is 77.3 Å². The molecule has 0 rings (SSSR count). The van der Waals surface area contributed by atoms with Crippen molar-refractivity contribution in [1.82, 2.24) is 0 Å². The SMILES string of the molecule is O=P(O)(O)OS(=O)(=O)[O-].[H-].[H-].[K+].[Mg+2]. The van der Waals surface area contributed by atoms with E-state index < -0.39 is 18.2 Å². The van der Waals surface area contributed by atoms with E-state index in [4.69, 9.17) is 9.79 Å². The van der Waals surface area contributed by atoms with E-state index in [9.17, 15) is 17.5 Å².